The second kappa shape index (κ2) is 3.56. The van der Waals surface area contributed by atoms with E-state index in [0.29, 0.717) is 0 Å². The SMILES string of the molecule is Cc1ccc2c(c1N)C(F)(F)C(F)(F)C(F)(F)C2(F)F. The summed E-state index contributed by atoms with van der Waals surface area (Å²) >= 11 is 0. The van der Waals surface area contributed by atoms with Crippen LogP contribution in [0.3, 0.4) is 0 Å². The van der Waals surface area contributed by atoms with Gasteiger partial charge in [0.15, 0.2) is 0 Å². The lowest BCUT2D eigenvalue weighted by Gasteiger charge is -2.43. The van der Waals surface area contributed by atoms with Crippen molar-refractivity contribution in [3.05, 3.63) is 28.8 Å². The number of hydrogen-bond donors (Lipinski definition) is 1. The Hall–Kier alpha value is -1.54. The van der Waals surface area contributed by atoms with E-state index in [2.05, 4.69) is 0 Å². The van der Waals surface area contributed by atoms with E-state index in [1.165, 1.54) is 0 Å². The molecule has 1 aromatic rings. The smallest absolute Gasteiger partial charge is 0.383 e. The zero-order chi connectivity index (χ0) is 15.7. The number of nitrogen functional groups attached to an aromatic ring is 1. The van der Waals surface area contributed by atoms with Crippen LogP contribution in [-0.4, -0.2) is 11.8 Å². The topological polar surface area (TPSA) is 26.0 Å². The van der Waals surface area contributed by atoms with E-state index in [4.69, 9.17) is 5.73 Å². The molecule has 2 N–H and O–H groups in total. The Balaban J connectivity index is 2.97. The number of rotatable bonds is 0. The number of halogens is 8. The van der Waals surface area contributed by atoms with Gasteiger partial charge in [-0.3, -0.25) is 0 Å². The summed E-state index contributed by atoms with van der Waals surface area (Å²) in [5.41, 5.74) is 0.0373. The highest BCUT2D eigenvalue weighted by molar-refractivity contribution is 5.62. The van der Waals surface area contributed by atoms with Crippen LogP contribution < -0.4 is 5.73 Å². The summed E-state index contributed by atoms with van der Waals surface area (Å²) < 4.78 is 107. The van der Waals surface area contributed by atoms with Gasteiger partial charge in [0.05, 0.1) is 5.56 Å². The average molecular weight is 305 g/mol. The van der Waals surface area contributed by atoms with Crippen LogP contribution in [0.4, 0.5) is 40.8 Å². The molecule has 1 aliphatic rings. The Bertz CT molecular complexity index is 578. The molecule has 0 unspecified atom stereocenters. The molecule has 0 aromatic heterocycles. The van der Waals surface area contributed by atoms with Crippen molar-refractivity contribution in [2.75, 3.05) is 5.73 Å². The molecule has 0 saturated heterocycles. The van der Waals surface area contributed by atoms with E-state index in [0.717, 1.165) is 13.0 Å². The monoisotopic (exact) mass is 305 g/mol. The van der Waals surface area contributed by atoms with Gasteiger partial charge in [0.2, 0.25) is 0 Å². The van der Waals surface area contributed by atoms with Crippen LogP contribution in [-0.2, 0) is 11.8 Å². The van der Waals surface area contributed by atoms with Crippen LogP contribution in [0.5, 0.6) is 0 Å². The Morgan fingerprint density at radius 3 is 1.75 bits per heavy atom. The maximum absolute atomic E-state index is 13.6. The zero-order valence-corrected chi connectivity index (χ0v) is 9.76. The van der Waals surface area contributed by atoms with Crippen molar-refractivity contribution in [1.29, 1.82) is 0 Å². The van der Waals surface area contributed by atoms with Gasteiger partial charge in [0, 0.05) is 11.3 Å². The first-order valence-electron chi connectivity index (χ1n) is 5.21. The van der Waals surface area contributed by atoms with Crippen LogP contribution in [0, 0.1) is 6.92 Å². The van der Waals surface area contributed by atoms with Gasteiger partial charge in [-0.2, -0.15) is 35.1 Å². The van der Waals surface area contributed by atoms with Crippen LogP contribution in [0.1, 0.15) is 16.7 Å². The summed E-state index contributed by atoms with van der Waals surface area (Å²) in [6.45, 7) is 1.11. The summed E-state index contributed by atoms with van der Waals surface area (Å²) in [6.07, 6.45) is 0. The first kappa shape index (κ1) is 14.9. The van der Waals surface area contributed by atoms with E-state index in [-0.39, 0.29) is 11.6 Å². The normalized spacial score (nSPS) is 25.1. The van der Waals surface area contributed by atoms with Crippen LogP contribution in [0.15, 0.2) is 12.1 Å². The molecule has 2 rings (SSSR count). The molecule has 0 amide bonds. The standard InChI is InChI=1S/C11H7F8N/c1-4-2-3-5-6(7(4)20)9(14,15)11(18,19)10(16,17)8(5,12)13/h2-3H,20H2,1H3. The molecule has 20 heavy (non-hydrogen) atoms. The molecule has 1 aliphatic carbocycles. The van der Waals surface area contributed by atoms with Gasteiger partial charge in [-0.05, 0) is 12.5 Å². The second-order valence-electron chi connectivity index (χ2n) is 4.52. The lowest BCUT2D eigenvalue weighted by atomic mass is 9.78. The molecule has 0 radical (unpaired) electrons. The van der Waals surface area contributed by atoms with Gasteiger partial charge in [-0.25, -0.2) is 0 Å². The highest BCUT2D eigenvalue weighted by atomic mass is 19.4. The molecule has 0 fully saturated rings. The molecule has 0 bridgehead atoms. The number of anilines is 1. The number of hydrogen-bond acceptors (Lipinski definition) is 1. The Labute approximate surface area is 107 Å². The quantitative estimate of drug-likeness (QED) is 0.568. The number of fused-ring (bicyclic) bond motifs is 1. The maximum atomic E-state index is 13.6. The molecule has 0 atom stereocenters. The van der Waals surface area contributed by atoms with E-state index in [1.807, 2.05) is 0 Å². The fourth-order valence-corrected chi connectivity index (χ4v) is 2.04. The summed E-state index contributed by atoms with van der Waals surface area (Å²) in [7, 11) is 0. The van der Waals surface area contributed by atoms with Crippen molar-refractivity contribution in [2.45, 2.75) is 30.6 Å². The van der Waals surface area contributed by atoms with Crippen molar-refractivity contribution in [3.63, 3.8) is 0 Å². The second-order valence-corrected chi connectivity index (χ2v) is 4.52. The molecular weight excluding hydrogens is 298 g/mol. The largest absolute Gasteiger partial charge is 0.398 e. The summed E-state index contributed by atoms with van der Waals surface area (Å²) in [4.78, 5) is 0. The highest BCUT2D eigenvalue weighted by Gasteiger charge is 2.85. The minimum Gasteiger partial charge on any atom is -0.398 e. The van der Waals surface area contributed by atoms with Gasteiger partial charge in [-0.1, -0.05) is 12.1 Å². The van der Waals surface area contributed by atoms with Crippen molar-refractivity contribution in [3.8, 4) is 0 Å². The third-order valence-electron chi connectivity index (χ3n) is 3.30. The molecule has 0 saturated carbocycles. The molecule has 0 heterocycles. The third-order valence-corrected chi connectivity index (χ3v) is 3.30. The molecule has 0 aliphatic heterocycles. The lowest BCUT2D eigenvalue weighted by Crippen LogP contribution is -2.64. The Morgan fingerprint density at radius 2 is 1.25 bits per heavy atom. The van der Waals surface area contributed by atoms with Gasteiger partial charge < -0.3 is 5.73 Å². The molecule has 1 nitrogen and oxygen atoms in total. The van der Waals surface area contributed by atoms with Gasteiger partial charge >= 0.3 is 23.7 Å². The van der Waals surface area contributed by atoms with Crippen molar-refractivity contribution in [2.24, 2.45) is 0 Å². The molecule has 0 spiro atoms. The fourth-order valence-electron chi connectivity index (χ4n) is 2.04. The Kier molecular flexibility index (Phi) is 2.64. The first-order valence-corrected chi connectivity index (χ1v) is 5.21. The van der Waals surface area contributed by atoms with Crippen molar-refractivity contribution < 1.29 is 35.1 Å². The zero-order valence-electron chi connectivity index (χ0n) is 9.76. The van der Waals surface area contributed by atoms with E-state index in [9.17, 15) is 35.1 Å². The molecule has 1 aromatic carbocycles. The van der Waals surface area contributed by atoms with Crippen LogP contribution >= 0.6 is 0 Å². The van der Waals surface area contributed by atoms with Crippen LogP contribution in [0.2, 0.25) is 0 Å². The number of benzene rings is 1. The third kappa shape index (κ3) is 1.33. The first-order chi connectivity index (χ1) is 8.80. The van der Waals surface area contributed by atoms with Gasteiger partial charge in [0.25, 0.3) is 0 Å². The number of alkyl halides is 8. The fraction of sp³-hybridized carbons (Fsp3) is 0.455. The van der Waals surface area contributed by atoms with Gasteiger partial charge in [-0.15, -0.1) is 0 Å². The lowest BCUT2D eigenvalue weighted by molar-refractivity contribution is -0.386. The van der Waals surface area contributed by atoms with E-state index in [1.54, 1.807) is 0 Å². The minimum absolute atomic E-state index is 0.194. The molecule has 9 heteroatoms. The minimum atomic E-state index is -6.27. The maximum Gasteiger partial charge on any atom is 0.383 e. The predicted octanol–water partition coefficient (Wildman–Crippen LogP) is 4.05. The Morgan fingerprint density at radius 1 is 0.800 bits per heavy atom. The number of aryl methyl sites for hydroxylation is 1. The number of nitrogens with two attached hydrogens (primary N) is 1. The van der Waals surface area contributed by atoms with Crippen molar-refractivity contribution in [1.82, 2.24) is 0 Å². The van der Waals surface area contributed by atoms with Crippen molar-refractivity contribution >= 4 is 5.69 Å². The van der Waals surface area contributed by atoms with Gasteiger partial charge in [0.1, 0.15) is 0 Å². The predicted molar refractivity (Wildman–Crippen MR) is 53.3 cm³/mol. The average Bonchev–Trinajstić information content (AvgIpc) is 2.29. The van der Waals surface area contributed by atoms with E-state index < -0.39 is 40.5 Å². The summed E-state index contributed by atoms with van der Waals surface area (Å²) in [5.74, 6) is -23.5. The highest BCUT2D eigenvalue weighted by Crippen LogP contribution is 2.65. The molecular formula is C11H7F8N. The van der Waals surface area contributed by atoms with Crippen LogP contribution in [0.25, 0.3) is 0 Å². The molecule has 112 valence electrons. The van der Waals surface area contributed by atoms with E-state index >= 15 is 0 Å². The summed E-state index contributed by atoms with van der Waals surface area (Å²) in [5, 5.41) is 0. The summed E-state index contributed by atoms with van der Waals surface area (Å²) in [6, 6.07) is 1.05.